The van der Waals surface area contributed by atoms with Gasteiger partial charge in [-0.15, -0.1) is 12.4 Å². The lowest BCUT2D eigenvalue weighted by atomic mass is 10.1. The molecule has 2 aliphatic rings. The number of hydrogen-bond donors (Lipinski definition) is 3. The van der Waals surface area contributed by atoms with Gasteiger partial charge in [-0.25, -0.2) is 0 Å². The highest BCUT2D eigenvalue weighted by molar-refractivity contribution is 5.91. The number of β-amino-alcohol motifs (C(OH)–C–C–N with tert-alkyl or cyclic N) is 1. The fourth-order valence-corrected chi connectivity index (χ4v) is 3.17. The van der Waals surface area contributed by atoms with Gasteiger partial charge in [-0.1, -0.05) is 12.1 Å². The lowest BCUT2D eigenvalue weighted by Gasteiger charge is -2.18. The summed E-state index contributed by atoms with van der Waals surface area (Å²) in [4.78, 5) is 26.4. The van der Waals surface area contributed by atoms with E-state index in [0.29, 0.717) is 32.5 Å². The average Bonchev–Trinajstić information content (AvgIpc) is 3.16. The first-order chi connectivity index (χ1) is 11.6. The van der Waals surface area contributed by atoms with Gasteiger partial charge in [0, 0.05) is 19.6 Å². The molecule has 3 atom stereocenters. The van der Waals surface area contributed by atoms with E-state index >= 15 is 0 Å². The number of nitrogens with zero attached hydrogens (tertiary/aromatic N) is 1. The minimum absolute atomic E-state index is 0. The predicted octanol–water partition coefficient (Wildman–Crippen LogP) is 0.0569. The van der Waals surface area contributed by atoms with Crippen LogP contribution in [0.3, 0.4) is 0 Å². The number of amides is 2. The molecule has 0 radical (unpaired) electrons. The maximum absolute atomic E-state index is 12.5. The number of rotatable bonds is 5. The standard InChI is InChI=1S/C17H23N3O4.ClH/c1-24-13-4-2-11(3-5-13)10-20-7-6-14(17(20)23)19-16(22)15-8-12(21)9-18-15;/h2-5,12,14-15,18,21H,6-10H2,1H3,(H,19,22);1H. The van der Waals surface area contributed by atoms with Crippen molar-refractivity contribution in [1.82, 2.24) is 15.5 Å². The van der Waals surface area contributed by atoms with E-state index in [2.05, 4.69) is 10.6 Å². The van der Waals surface area contributed by atoms with Gasteiger partial charge in [-0.3, -0.25) is 9.59 Å². The Balaban J connectivity index is 0.00000225. The van der Waals surface area contributed by atoms with Crippen LogP contribution in [0.1, 0.15) is 18.4 Å². The van der Waals surface area contributed by atoms with Crippen molar-refractivity contribution in [3.8, 4) is 5.75 Å². The van der Waals surface area contributed by atoms with Crippen molar-refractivity contribution >= 4 is 24.2 Å². The van der Waals surface area contributed by atoms with Gasteiger partial charge in [0.15, 0.2) is 0 Å². The number of likely N-dealkylation sites (tertiary alicyclic amines) is 1. The lowest BCUT2D eigenvalue weighted by Crippen LogP contribution is -2.48. The summed E-state index contributed by atoms with van der Waals surface area (Å²) in [6.07, 6.45) is 0.504. The predicted molar refractivity (Wildman–Crippen MR) is 94.6 cm³/mol. The molecule has 2 fully saturated rings. The van der Waals surface area contributed by atoms with Gasteiger partial charge in [0.25, 0.3) is 0 Å². The smallest absolute Gasteiger partial charge is 0.245 e. The zero-order valence-electron chi connectivity index (χ0n) is 14.1. The van der Waals surface area contributed by atoms with E-state index in [1.165, 1.54) is 0 Å². The second-order valence-electron chi connectivity index (χ2n) is 6.31. The number of carbonyl (C=O) groups is 2. The van der Waals surface area contributed by atoms with E-state index in [-0.39, 0.29) is 24.2 Å². The molecule has 2 aliphatic heterocycles. The molecule has 0 saturated carbocycles. The highest BCUT2D eigenvalue weighted by Gasteiger charge is 2.35. The number of benzene rings is 1. The summed E-state index contributed by atoms with van der Waals surface area (Å²) in [5.74, 6) is 0.511. The molecule has 138 valence electrons. The molecule has 0 aliphatic carbocycles. The summed E-state index contributed by atoms with van der Waals surface area (Å²) in [7, 11) is 1.62. The normalized spacial score (nSPS) is 25.6. The number of ether oxygens (including phenoxy) is 1. The Hall–Kier alpha value is -1.83. The number of hydrogen-bond acceptors (Lipinski definition) is 5. The van der Waals surface area contributed by atoms with E-state index in [0.717, 1.165) is 11.3 Å². The molecule has 3 N–H and O–H groups in total. The first kappa shape index (κ1) is 19.5. The lowest BCUT2D eigenvalue weighted by molar-refractivity contribution is -0.133. The molecular formula is C17H24ClN3O4. The highest BCUT2D eigenvalue weighted by Crippen LogP contribution is 2.18. The molecule has 8 heteroatoms. The third-order valence-corrected chi connectivity index (χ3v) is 4.57. The number of carbonyl (C=O) groups excluding carboxylic acids is 2. The van der Waals surface area contributed by atoms with Crippen LogP contribution in [0.4, 0.5) is 0 Å². The van der Waals surface area contributed by atoms with Crippen molar-refractivity contribution in [3.63, 3.8) is 0 Å². The van der Waals surface area contributed by atoms with E-state index in [1.54, 1.807) is 12.0 Å². The van der Waals surface area contributed by atoms with Crippen LogP contribution in [0.25, 0.3) is 0 Å². The van der Waals surface area contributed by atoms with Gasteiger partial charge in [-0.05, 0) is 30.5 Å². The monoisotopic (exact) mass is 369 g/mol. The fourth-order valence-electron chi connectivity index (χ4n) is 3.17. The molecule has 2 heterocycles. The Morgan fingerprint density at radius 3 is 2.72 bits per heavy atom. The zero-order chi connectivity index (χ0) is 17.1. The number of aliphatic hydroxyl groups excluding tert-OH is 1. The van der Waals surface area contributed by atoms with Crippen LogP contribution in [0.15, 0.2) is 24.3 Å². The molecule has 2 saturated heterocycles. The summed E-state index contributed by atoms with van der Waals surface area (Å²) in [6.45, 7) is 1.56. The number of aliphatic hydroxyl groups is 1. The van der Waals surface area contributed by atoms with Crippen LogP contribution in [0, 0.1) is 0 Å². The van der Waals surface area contributed by atoms with Gasteiger partial charge >= 0.3 is 0 Å². The van der Waals surface area contributed by atoms with Crippen molar-refractivity contribution in [2.45, 2.75) is 37.6 Å². The third kappa shape index (κ3) is 4.62. The van der Waals surface area contributed by atoms with Gasteiger partial charge in [-0.2, -0.15) is 0 Å². The third-order valence-electron chi connectivity index (χ3n) is 4.57. The maximum atomic E-state index is 12.5. The Bertz CT molecular complexity index is 610. The molecule has 1 aromatic carbocycles. The number of nitrogens with one attached hydrogen (secondary N) is 2. The summed E-state index contributed by atoms with van der Waals surface area (Å²) >= 11 is 0. The molecule has 3 unspecified atom stereocenters. The van der Waals surface area contributed by atoms with Crippen molar-refractivity contribution in [1.29, 1.82) is 0 Å². The Morgan fingerprint density at radius 1 is 1.40 bits per heavy atom. The summed E-state index contributed by atoms with van der Waals surface area (Å²) in [5, 5.41) is 15.2. The largest absolute Gasteiger partial charge is 0.497 e. The van der Waals surface area contributed by atoms with Crippen LogP contribution >= 0.6 is 12.4 Å². The highest BCUT2D eigenvalue weighted by atomic mass is 35.5. The minimum Gasteiger partial charge on any atom is -0.497 e. The molecule has 7 nitrogen and oxygen atoms in total. The van der Waals surface area contributed by atoms with Gasteiger partial charge in [0.05, 0.1) is 19.3 Å². The number of halogens is 1. The van der Waals surface area contributed by atoms with Crippen LogP contribution < -0.4 is 15.4 Å². The first-order valence-electron chi connectivity index (χ1n) is 8.20. The molecule has 25 heavy (non-hydrogen) atoms. The molecular weight excluding hydrogens is 346 g/mol. The summed E-state index contributed by atoms with van der Waals surface area (Å²) < 4.78 is 5.13. The second kappa shape index (κ2) is 8.51. The SMILES string of the molecule is COc1ccc(CN2CCC(NC(=O)C3CC(O)CN3)C2=O)cc1.Cl. The summed E-state index contributed by atoms with van der Waals surface area (Å²) in [6, 6.07) is 6.71. The molecule has 2 amide bonds. The second-order valence-corrected chi connectivity index (χ2v) is 6.31. The van der Waals surface area contributed by atoms with Crippen LogP contribution in [-0.2, 0) is 16.1 Å². The van der Waals surface area contributed by atoms with Gasteiger partial charge in [0.1, 0.15) is 11.8 Å². The summed E-state index contributed by atoms with van der Waals surface area (Å²) in [5.41, 5.74) is 1.02. The topological polar surface area (TPSA) is 90.9 Å². The van der Waals surface area contributed by atoms with E-state index in [1.807, 2.05) is 24.3 Å². The van der Waals surface area contributed by atoms with Gasteiger partial charge in [0.2, 0.25) is 11.8 Å². The van der Waals surface area contributed by atoms with E-state index < -0.39 is 18.2 Å². The van der Waals surface area contributed by atoms with Crippen LogP contribution in [-0.4, -0.2) is 60.2 Å². The van der Waals surface area contributed by atoms with Crippen LogP contribution in [0.2, 0.25) is 0 Å². The Labute approximate surface area is 153 Å². The number of methoxy groups -OCH3 is 1. The van der Waals surface area contributed by atoms with E-state index in [9.17, 15) is 14.7 Å². The quantitative estimate of drug-likeness (QED) is 0.682. The van der Waals surface area contributed by atoms with Crippen molar-refractivity contribution in [2.75, 3.05) is 20.2 Å². The van der Waals surface area contributed by atoms with Crippen molar-refractivity contribution in [3.05, 3.63) is 29.8 Å². The molecule has 0 spiro atoms. The Kier molecular flexibility index (Phi) is 6.64. The van der Waals surface area contributed by atoms with Crippen molar-refractivity contribution in [2.24, 2.45) is 0 Å². The molecule has 0 aromatic heterocycles. The molecule has 3 rings (SSSR count). The van der Waals surface area contributed by atoms with Crippen molar-refractivity contribution < 1.29 is 19.4 Å². The fraction of sp³-hybridized carbons (Fsp3) is 0.529. The molecule has 0 bridgehead atoms. The molecule has 1 aromatic rings. The zero-order valence-corrected chi connectivity index (χ0v) is 14.9. The Morgan fingerprint density at radius 2 is 2.12 bits per heavy atom. The van der Waals surface area contributed by atoms with E-state index in [4.69, 9.17) is 4.74 Å². The average molecular weight is 370 g/mol. The minimum atomic E-state index is -0.494. The van der Waals surface area contributed by atoms with Crippen LogP contribution in [0.5, 0.6) is 5.75 Å². The maximum Gasteiger partial charge on any atom is 0.245 e. The first-order valence-corrected chi connectivity index (χ1v) is 8.20. The van der Waals surface area contributed by atoms with Gasteiger partial charge < -0.3 is 25.4 Å².